The molecule has 0 aromatic heterocycles. The fourth-order valence-electron chi connectivity index (χ4n) is 4.07. The molecule has 0 N–H and O–H groups in total. The molecule has 0 radical (unpaired) electrons. The van der Waals surface area contributed by atoms with Crippen LogP contribution >= 0.6 is 0 Å². The molecule has 5 nitrogen and oxygen atoms in total. The van der Waals surface area contributed by atoms with Gasteiger partial charge in [-0.15, -0.1) is 0 Å². The van der Waals surface area contributed by atoms with Gasteiger partial charge in [-0.2, -0.15) is 0 Å². The van der Waals surface area contributed by atoms with Crippen LogP contribution in [-0.4, -0.2) is 52.5 Å². The fourth-order valence-corrected chi connectivity index (χ4v) is 4.07. The summed E-state index contributed by atoms with van der Waals surface area (Å²) in [4.78, 5) is 29.0. The van der Waals surface area contributed by atoms with Crippen LogP contribution in [0.25, 0.3) is 0 Å². The van der Waals surface area contributed by atoms with E-state index in [1.807, 2.05) is 39.0 Å². The summed E-state index contributed by atoms with van der Waals surface area (Å²) < 4.78 is 5.50. The van der Waals surface area contributed by atoms with Crippen molar-refractivity contribution in [3.63, 3.8) is 0 Å². The Bertz CT molecular complexity index is 663. The monoisotopic (exact) mass is 344 g/mol. The van der Waals surface area contributed by atoms with Gasteiger partial charge in [0.2, 0.25) is 0 Å². The van der Waals surface area contributed by atoms with Crippen LogP contribution in [0.15, 0.2) is 30.3 Å². The maximum Gasteiger partial charge on any atom is 0.410 e. The summed E-state index contributed by atoms with van der Waals surface area (Å²) in [7, 11) is 0. The molecule has 2 aliphatic heterocycles. The molecule has 1 aromatic carbocycles. The van der Waals surface area contributed by atoms with Crippen molar-refractivity contribution in [2.24, 2.45) is 0 Å². The minimum atomic E-state index is -0.527. The summed E-state index contributed by atoms with van der Waals surface area (Å²) in [5.41, 5.74) is 0.397. The van der Waals surface area contributed by atoms with Gasteiger partial charge in [-0.05, 0) is 40.2 Å². The molecule has 3 rings (SSSR count). The van der Waals surface area contributed by atoms with E-state index in [4.69, 9.17) is 4.74 Å². The number of carbonyl (C=O) groups excluding carboxylic acids is 2. The van der Waals surface area contributed by atoms with E-state index in [0.717, 1.165) is 0 Å². The van der Waals surface area contributed by atoms with Gasteiger partial charge in [0, 0.05) is 31.1 Å². The van der Waals surface area contributed by atoms with Crippen LogP contribution in [0.4, 0.5) is 4.79 Å². The molecule has 25 heavy (non-hydrogen) atoms. The van der Waals surface area contributed by atoms with Crippen molar-refractivity contribution in [1.82, 2.24) is 9.80 Å². The highest BCUT2D eigenvalue weighted by Gasteiger charge is 2.52. The summed E-state index contributed by atoms with van der Waals surface area (Å²) in [6.07, 6.45) is 0.176. The largest absolute Gasteiger partial charge is 0.444 e. The van der Waals surface area contributed by atoms with Crippen LogP contribution in [0.1, 0.15) is 46.6 Å². The minimum absolute atomic E-state index is 0.0361. The lowest BCUT2D eigenvalue weighted by molar-refractivity contribution is -0.122. The number of hydrogen-bond acceptors (Lipinski definition) is 4. The predicted octanol–water partition coefficient (Wildman–Crippen LogP) is 3.18. The first-order valence-electron chi connectivity index (χ1n) is 8.94. The van der Waals surface area contributed by atoms with Gasteiger partial charge in [-0.3, -0.25) is 9.69 Å². The highest BCUT2D eigenvalue weighted by molar-refractivity contribution is 5.88. The molecule has 0 unspecified atom stereocenters. The Morgan fingerprint density at radius 2 is 1.72 bits per heavy atom. The second-order valence-electron chi connectivity index (χ2n) is 8.56. The number of carbonyl (C=O) groups is 2. The van der Waals surface area contributed by atoms with Gasteiger partial charge >= 0.3 is 6.09 Å². The normalized spacial score (nSPS) is 24.5. The van der Waals surface area contributed by atoms with Crippen molar-refractivity contribution >= 4 is 11.9 Å². The lowest BCUT2D eigenvalue weighted by Gasteiger charge is -2.48. The number of fused-ring (bicyclic) bond motifs is 2. The first-order valence-corrected chi connectivity index (χ1v) is 8.94. The smallest absolute Gasteiger partial charge is 0.410 e. The van der Waals surface area contributed by atoms with Crippen molar-refractivity contribution < 1.29 is 14.3 Å². The van der Waals surface area contributed by atoms with E-state index < -0.39 is 5.60 Å². The van der Waals surface area contributed by atoms with Gasteiger partial charge in [-0.25, -0.2) is 4.79 Å². The van der Waals surface area contributed by atoms with Crippen LogP contribution < -0.4 is 0 Å². The first kappa shape index (κ1) is 17.9. The molecule has 2 fully saturated rings. The average molecular weight is 344 g/mol. The number of ketones is 1. The highest BCUT2D eigenvalue weighted by atomic mass is 16.6. The van der Waals surface area contributed by atoms with Crippen molar-refractivity contribution in [2.75, 3.05) is 13.1 Å². The second-order valence-corrected chi connectivity index (χ2v) is 8.56. The molecule has 5 heteroatoms. The summed E-state index contributed by atoms with van der Waals surface area (Å²) in [6, 6.07) is 10.0. The number of ether oxygens (including phenoxy) is 1. The van der Waals surface area contributed by atoms with Crippen LogP contribution in [0.2, 0.25) is 0 Å². The molecule has 0 spiro atoms. The van der Waals surface area contributed by atoms with E-state index in [1.165, 1.54) is 5.56 Å². The molecule has 2 heterocycles. The number of benzene rings is 1. The summed E-state index contributed by atoms with van der Waals surface area (Å²) in [6.45, 7) is 10.8. The molecule has 2 atom stereocenters. The predicted molar refractivity (Wildman–Crippen MR) is 96.3 cm³/mol. The van der Waals surface area contributed by atoms with Gasteiger partial charge in [0.1, 0.15) is 5.60 Å². The van der Waals surface area contributed by atoms with Crippen molar-refractivity contribution in [3.8, 4) is 0 Å². The van der Waals surface area contributed by atoms with Crippen molar-refractivity contribution in [1.29, 1.82) is 0 Å². The fraction of sp³-hybridized carbons (Fsp3) is 0.600. The van der Waals surface area contributed by atoms with Crippen LogP contribution in [0.3, 0.4) is 0 Å². The Labute approximate surface area is 149 Å². The number of amides is 1. The first-order chi connectivity index (χ1) is 11.6. The summed E-state index contributed by atoms with van der Waals surface area (Å²) in [5, 5.41) is 0. The molecule has 136 valence electrons. The van der Waals surface area contributed by atoms with Crippen LogP contribution in [-0.2, 0) is 15.1 Å². The topological polar surface area (TPSA) is 49.9 Å². The molecular formula is C20H28N2O3. The van der Waals surface area contributed by atoms with Crippen molar-refractivity contribution in [3.05, 3.63) is 35.9 Å². The summed E-state index contributed by atoms with van der Waals surface area (Å²) in [5.74, 6) is 0.222. The number of Topliss-reactive ketones (excluding diaryl/α,β-unsaturated/α-hetero) is 1. The average Bonchev–Trinajstić information content (AvgIpc) is 2.73. The Kier molecular flexibility index (Phi) is 4.40. The molecule has 0 saturated carbocycles. The Morgan fingerprint density at radius 3 is 2.28 bits per heavy atom. The maximum absolute atomic E-state index is 12.6. The number of hydrogen-bond donors (Lipinski definition) is 0. The molecule has 0 aliphatic carbocycles. The standard InChI is InChI=1S/C20H28N2O3/c1-19(2,3)25-18(24)21-12-15-11-17(23)16(13-21)22(15)20(4,5)14-9-7-6-8-10-14/h6-10,15-16H,11-13H2,1-5H3/t15-,16-/m1/s1. The Balaban J connectivity index is 1.82. The zero-order valence-electron chi connectivity index (χ0n) is 15.8. The van der Waals surface area contributed by atoms with Gasteiger partial charge in [0.05, 0.1) is 6.04 Å². The quantitative estimate of drug-likeness (QED) is 0.827. The number of piperazine rings is 1. The SMILES string of the molecule is CC(C)(C)OC(=O)N1C[C@H]2CC(=O)[C@@H](C1)N2C(C)(C)c1ccccc1. The third-order valence-electron chi connectivity index (χ3n) is 5.14. The Hall–Kier alpha value is -1.88. The number of likely N-dealkylation sites (tertiary alicyclic amines) is 1. The van der Waals surface area contributed by atoms with E-state index in [2.05, 4.69) is 30.9 Å². The maximum atomic E-state index is 12.6. The van der Waals surface area contributed by atoms with Gasteiger partial charge in [0.15, 0.2) is 5.78 Å². The number of nitrogens with zero attached hydrogens (tertiary/aromatic N) is 2. The molecule has 1 aromatic rings. The van der Waals surface area contributed by atoms with E-state index in [0.29, 0.717) is 19.5 Å². The zero-order chi connectivity index (χ0) is 18.4. The summed E-state index contributed by atoms with van der Waals surface area (Å²) >= 11 is 0. The molecule has 2 aliphatic rings. The second kappa shape index (κ2) is 6.13. The van der Waals surface area contributed by atoms with Gasteiger partial charge in [0.25, 0.3) is 0 Å². The molecule has 2 saturated heterocycles. The zero-order valence-corrected chi connectivity index (χ0v) is 15.8. The van der Waals surface area contributed by atoms with E-state index in [9.17, 15) is 9.59 Å². The lowest BCUT2D eigenvalue weighted by Crippen LogP contribution is -2.61. The minimum Gasteiger partial charge on any atom is -0.444 e. The van der Waals surface area contributed by atoms with Gasteiger partial charge in [-0.1, -0.05) is 30.3 Å². The van der Waals surface area contributed by atoms with E-state index in [1.54, 1.807) is 4.90 Å². The van der Waals surface area contributed by atoms with Gasteiger partial charge < -0.3 is 9.64 Å². The third-order valence-corrected chi connectivity index (χ3v) is 5.14. The molecule has 2 bridgehead atoms. The van der Waals surface area contributed by atoms with Crippen molar-refractivity contribution in [2.45, 2.75) is 64.3 Å². The lowest BCUT2D eigenvalue weighted by atomic mass is 9.89. The van der Waals surface area contributed by atoms with E-state index >= 15 is 0 Å². The number of rotatable bonds is 2. The third kappa shape index (κ3) is 3.43. The van der Waals surface area contributed by atoms with E-state index in [-0.39, 0.29) is 29.5 Å². The Morgan fingerprint density at radius 1 is 1.08 bits per heavy atom. The van der Waals surface area contributed by atoms with Crippen LogP contribution in [0, 0.1) is 0 Å². The molecule has 1 amide bonds. The molecular weight excluding hydrogens is 316 g/mol. The highest BCUT2D eigenvalue weighted by Crippen LogP contribution is 2.39. The van der Waals surface area contributed by atoms with Crippen LogP contribution in [0.5, 0.6) is 0 Å².